The maximum atomic E-state index is 13.4. The average molecular weight is 572 g/mol. The lowest BCUT2D eigenvalue weighted by Gasteiger charge is -2.20. The summed E-state index contributed by atoms with van der Waals surface area (Å²) in [6.07, 6.45) is 4.76. The van der Waals surface area contributed by atoms with Crippen LogP contribution in [0.1, 0.15) is 79.7 Å². The number of ether oxygens (including phenoxy) is 1. The molecule has 0 bridgehead atoms. The van der Waals surface area contributed by atoms with E-state index in [1.54, 1.807) is 42.6 Å². The smallest absolute Gasteiger partial charge is 0.251 e. The van der Waals surface area contributed by atoms with Crippen molar-refractivity contribution in [3.8, 4) is 11.5 Å². The van der Waals surface area contributed by atoms with Crippen molar-refractivity contribution in [2.24, 2.45) is 5.92 Å². The third kappa shape index (κ3) is 8.04. The highest BCUT2D eigenvalue weighted by molar-refractivity contribution is 8.26. The molecule has 0 radical (unpaired) electrons. The summed E-state index contributed by atoms with van der Waals surface area (Å²) in [7, 11) is 0. The van der Waals surface area contributed by atoms with Gasteiger partial charge < -0.3 is 15.0 Å². The molecular formula is C32H37N5O3S. The Kier molecular flexibility index (Phi) is 10.3. The van der Waals surface area contributed by atoms with Crippen LogP contribution in [0.4, 0.5) is 0 Å². The van der Waals surface area contributed by atoms with Gasteiger partial charge in [-0.15, -0.1) is 0 Å². The zero-order valence-electron chi connectivity index (χ0n) is 23.8. The summed E-state index contributed by atoms with van der Waals surface area (Å²) in [6.45, 7) is 7.04. The minimum absolute atomic E-state index is 0.0644. The number of nitrogens with one attached hydrogen (secondary N) is 3. The zero-order chi connectivity index (χ0) is 29.4. The van der Waals surface area contributed by atoms with Crippen LogP contribution in [-0.2, 0) is 11.3 Å². The molecule has 3 aromatic rings. The SMILES string of the molecule is CCCC(NC(=O)c1ccc(CN2CCCC2=O)c(Oc2ccc(C(=N)SC(=N)C(C)C)cc2)c1)c1ccccn1. The molecule has 9 heteroatoms. The van der Waals surface area contributed by atoms with E-state index in [4.69, 9.17) is 15.6 Å². The molecule has 0 saturated carbocycles. The molecule has 1 saturated heterocycles. The number of hydrogen-bond donors (Lipinski definition) is 3. The second-order valence-electron chi connectivity index (χ2n) is 10.4. The van der Waals surface area contributed by atoms with Gasteiger partial charge in [0, 0.05) is 48.3 Å². The molecule has 1 aliphatic rings. The molecule has 8 nitrogen and oxygen atoms in total. The lowest BCUT2D eigenvalue weighted by Crippen LogP contribution is -2.29. The molecule has 3 N–H and O–H groups in total. The van der Waals surface area contributed by atoms with Crippen molar-refractivity contribution in [3.05, 3.63) is 89.2 Å². The number of likely N-dealkylation sites (tertiary alicyclic amines) is 1. The average Bonchev–Trinajstić information content (AvgIpc) is 3.38. The summed E-state index contributed by atoms with van der Waals surface area (Å²) in [5.41, 5.74) is 2.77. The minimum Gasteiger partial charge on any atom is -0.457 e. The van der Waals surface area contributed by atoms with E-state index in [1.807, 2.05) is 43.0 Å². The normalized spacial score (nSPS) is 13.8. The Bertz CT molecular complexity index is 1390. The number of thioether (sulfide) groups is 1. The monoisotopic (exact) mass is 571 g/mol. The van der Waals surface area contributed by atoms with E-state index in [0.29, 0.717) is 52.2 Å². The summed E-state index contributed by atoms with van der Waals surface area (Å²) in [5.74, 6) is 1.00. The lowest BCUT2D eigenvalue weighted by atomic mass is 10.1. The van der Waals surface area contributed by atoms with Crippen molar-refractivity contribution in [2.45, 2.75) is 59.0 Å². The highest BCUT2D eigenvalue weighted by atomic mass is 32.2. The summed E-state index contributed by atoms with van der Waals surface area (Å²) in [6, 6.07) is 18.0. The number of carbonyl (C=O) groups excluding carboxylic acids is 2. The highest BCUT2D eigenvalue weighted by Gasteiger charge is 2.23. The zero-order valence-corrected chi connectivity index (χ0v) is 24.6. The Labute approximate surface area is 245 Å². The third-order valence-corrected chi connectivity index (χ3v) is 8.00. The quantitative estimate of drug-likeness (QED) is 0.170. The van der Waals surface area contributed by atoms with Gasteiger partial charge in [-0.2, -0.15) is 0 Å². The van der Waals surface area contributed by atoms with Crippen LogP contribution in [0.2, 0.25) is 0 Å². The van der Waals surface area contributed by atoms with E-state index in [1.165, 1.54) is 0 Å². The maximum Gasteiger partial charge on any atom is 0.251 e. The van der Waals surface area contributed by atoms with Crippen molar-refractivity contribution in [2.75, 3.05) is 6.54 Å². The number of nitrogens with zero attached hydrogens (tertiary/aromatic N) is 2. The second kappa shape index (κ2) is 14.1. The molecular weight excluding hydrogens is 534 g/mol. The molecule has 2 amide bonds. The molecule has 41 heavy (non-hydrogen) atoms. The van der Waals surface area contributed by atoms with E-state index in [9.17, 15) is 9.59 Å². The van der Waals surface area contributed by atoms with Crippen molar-refractivity contribution < 1.29 is 14.3 Å². The van der Waals surface area contributed by atoms with Crippen molar-refractivity contribution in [3.63, 3.8) is 0 Å². The first-order valence-electron chi connectivity index (χ1n) is 14.0. The van der Waals surface area contributed by atoms with Gasteiger partial charge in [0.05, 0.1) is 16.8 Å². The summed E-state index contributed by atoms with van der Waals surface area (Å²) in [4.78, 5) is 32.0. The molecule has 1 aliphatic heterocycles. The Morgan fingerprint density at radius 1 is 1.10 bits per heavy atom. The topological polar surface area (TPSA) is 119 Å². The molecule has 2 aromatic carbocycles. The number of hydrogen-bond acceptors (Lipinski definition) is 7. The second-order valence-corrected chi connectivity index (χ2v) is 11.4. The number of amides is 2. The first kappa shape index (κ1) is 30.0. The van der Waals surface area contributed by atoms with E-state index in [2.05, 4.69) is 17.2 Å². The molecule has 4 rings (SSSR count). The summed E-state index contributed by atoms with van der Waals surface area (Å²) >= 11 is 1.14. The van der Waals surface area contributed by atoms with Crippen LogP contribution in [0.25, 0.3) is 0 Å². The van der Waals surface area contributed by atoms with Crippen LogP contribution in [0.5, 0.6) is 11.5 Å². The Balaban J connectivity index is 1.56. The maximum absolute atomic E-state index is 13.4. The van der Waals surface area contributed by atoms with Crippen LogP contribution in [-0.4, -0.2) is 38.3 Å². The van der Waals surface area contributed by atoms with E-state index in [0.717, 1.165) is 42.3 Å². The number of pyridine rings is 1. The molecule has 0 aliphatic carbocycles. The molecule has 1 unspecified atom stereocenters. The van der Waals surface area contributed by atoms with Gasteiger partial charge in [0.15, 0.2) is 0 Å². The first-order chi connectivity index (χ1) is 19.7. The Morgan fingerprint density at radius 3 is 2.49 bits per heavy atom. The van der Waals surface area contributed by atoms with Gasteiger partial charge in [-0.1, -0.05) is 51.1 Å². The molecule has 1 aromatic heterocycles. The fourth-order valence-corrected chi connectivity index (χ4v) is 5.20. The van der Waals surface area contributed by atoms with Gasteiger partial charge in [0.1, 0.15) is 16.5 Å². The predicted molar refractivity (Wildman–Crippen MR) is 164 cm³/mol. The Morgan fingerprint density at radius 2 is 1.85 bits per heavy atom. The molecule has 2 heterocycles. The van der Waals surface area contributed by atoms with Gasteiger partial charge in [0.25, 0.3) is 5.91 Å². The number of benzene rings is 2. The van der Waals surface area contributed by atoms with Crippen LogP contribution < -0.4 is 10.1 Å². The van der Waals surface area contributed by atoms with Gasteiger partial charge in [-0.25, -0.2) is 0 Å². The van der Waals surface area contributed by atoms with Gasteiger partial charge in [0.2, 0.25) is 5.91 Å². The van der Waals surface area contributed by atoms with E-state index >= 15 is 0 Å². The fourth-order valence-electron chi connectivity index (χ4n) is 4.49. The molecule has 0 spiro atoms. The predicted octanol–water partition coefficient (Wildman–Crippen LogP) is 6.96. The van der Waals surface area contributed by atoms with Crippen molar-refractivity contribution >= 4 is 33.7 Å². The summed E-state index contributed by atoms with van der Waals surface area (Å²) in [5, 5.41) is 20.3. The highest BCUT2D eigenvalue weighted by Crippen LogP contribution is 2.30. The van der Waals surface area contributed by atoms with Gasteiger partial charge in [-0.05, 0) is 61.4 Å². The number of aromatic nitrogens is 1. The third-order valence-electron chi connectivity index (χ3n) is 6.87. The number of carbonyl (C=O) groups is 2. The standard InChI is InChI=1S/C32H37N5O3S/c1-4-8-27(26-9-5-6-17-35-26)36-32(39)23-11-12-24(20-37-18-7-10-29(37)38)28(19-23)40-25-15-13-22(14-16-25)31(34)41-30(33)21(2)3/h5-6,9,11-17,19,21,27,33-34H,4,7-8,10,18,20H2,1-3H3,(H,36,39). The Hall–Kier alpha value is -3.98. The van der Waals surface area contributed by atoms with Crippen LogP contribution in [0, 0.1) is 16.7 Å². The molecule has 214 valence electrons. The molecule has 1 fully saturated rings. The first-order valence-corrected chi connectivity index (χ1v) is 14.8. The van der Waals surface area contributed by atoms with E-state index < -0.39 is 0 Å². The van der Waals surface area contributed by atoms with Crippen LogP contribution >= 0.6 is 11.8 Å². The number of rotatable bonds is 11. The van der Waals surface area contributed by atoms with Crippen LogP contribution in [0.3, 0.4) is 0 Å². The van der Waals surface area contributed by atoms with Crippen molar-refractivity contribution in [1.82, 2.24) is 15.2 Å². The van der Waals surface area contributed by atoms with Gasteiger partial charge >= 0.3 is 0 Å². The van der Waals surface area contributed by atoms with Gasteiger partial charge in [-0.3, -0.25) is 25.4 Å². The van der Waals surface area contributed by atoms with Crippen molar-refractivity contribution in [1.29, 1.82) is 10.8 Å². The lowest BCUT2D eigenvalue weighted by molar-refractivity contribution is -0.128. The van der Waals surface area contributed by atoms with Crippen LogP contribution in [0.15, 0.2) is 66.9 Å². The fraction of sp³-hybridized carbons (Fsp3) is 0.344. The molecule has 1 atom stereocenters. The largest absolute Gasteiger partial charge is 0.457 e. The van der Waals surface area contributed by atoms with E-state index in [-0.39, 0.29) is 23.8 Å². The summed E-state index contributed by atoms with van der Waals surface area (Å²) < 4.78 is 6.29. The minimum atomic E-state index is -0.226.